The van der Waals surface area contributed by atoms with Crippen LogP contribution < -0.4 is 14.4 Å². The highest BCUT2D eigenvalue weighted by atomic mass is 16.5. The van der Waals surface area contributed by atoms with E-state index in [1.165, 1.54) is 6.42 Å². The topological polar surface area (TPSA) is 63.6 Å². The predicted molar refractivity (Wildman–Crippen MR) is 137 cm³/mol. The lowest BCUT2D eigenvalue weighted by atomic mass is 10.1. The Balaban J connectivity index is 1.59. The van der Waals surface area contributed by atoms with Gasteiger partial charge in [0.05, 0.1) is 11.6 Å². The molecule has 0 aliphatic carbocycles. The molecule has 0 bridgehead atoms. The monoisotopic (exact) mass is 463 g/mol. The van der Waals surface area contributed by atoms with E-state index >= 15 is 0 Å². The van der Waals surface area contributed by atoms with Crippen molar-refractivity contribution in [2.45, 2.75) is 52.9 Å². The van der Waals surface area contributed by atoms with Crippen molar-refractivity contribution in [3.63, 3.8) is 0 Å². The quantitative estimate of drug-likeness (QED) is 0.366. The molecule has 182 valence electrons. The van der Waals surface area contributed by atoms with Crippen molar-refractivity contribution in [3.05, 3.63) is 42.1 Å². The van der Waals surface area contributed by atoms with Crippen LogP contribution in [0, 0.1) is 6.92 Å². The van der Waals surface area contributed by atoms with Crippen LogP contribution >= 0.6 is 0 Å². The molecule has 0 saturated carbocycles. The van der Waals surface area contributed by atoms with Crippen LogP contribution in [-0.4, -0.2) is 59.2 Å². The lowest BCUT2D eigenvalue weighted by Crippen LogP contribution is -2.31. The van der Waals surface area contributed by atoms with Gasteiger partial charge in [-0.2, -0.15) is 9.97 Å². The number of piperidine rings is 1. The minimum absolute atomic E-state index is 0.404. The van der Waals surface area contributed by atoms with E-state index in [2.05, 4.69) is 33.6 Å². The molecule has 3 heterocycles. The maximum absolute atomic E-state index is 6.15. The minimum Gasteiger partial charge on any atom is -0.462 e. The number of hydrogen-bond acceptors (Lipinski definition) is 7. The summed E-state index contributed by atoms with van der Waals surface area (Å²) in [6.45, 7) is 12.0. The number of para-hydroxylation sites is 1. The first-order valence-corrected chi connectivity index (χ1v) is 12.7. The first-order chi connectivity index (χ1) is 16.7. The molecule has 0 amide bonds. The number of aryl methyl sites for hydroxylation is 1. The molecule has 2 aromatic heterocycles. The number of hydrogen-bond donors (Lipinski definition) is 0. The van der Waals surface area contributed by atoms with E-state index in [0.717, 1.165) is 80.9 Å². The number of anilines is 1. The van der Waals surface area contributed by atoms with E-state index in [4.69, 9.17) is 14.5 Å². The fraction of sp³-hybridized carbons (Fsp3) is 0.519. The summed E-state index contributed by atoms with van der Waals surface area (Å²) < 4.78 is 12.2. The molecule has 7 heteroatoms. The van der Waals surface area contributed by atoms with Gasteiger partial charge in [-0.1, -0.05) is 32.0 Å². The van der Waals surface area contributed by atoms with Crippen LogP contribution in [0.4, 0.5) is 5.82 Å². The van der Waals surface area contributed by atoms with Gasteiger partial charge in [0.1, 0.15) is 23.9 Å². The van der Waals surface area contributed by atoms with Crippen molar-refractivity contribution < 1.29 is 9.47 Å². The highest BCUT2D eigenvalue weighted by Gasteiger charge is 2.19. The summed E-state index contributed by atoms with van der Waals surface area (Å²) in [5, 5.41) is 0.902. The molecule has 0 N–H and O–H groups in total. The molecule has 34 heavy (non-hydrogen) atoms. The Kier molecular flexibility index (Phi) is 8.52. The van der Waals surface area contributed by atoms with Crippen molar-refractivity contribution >= 4 is 16.9 Å². The van der Waals surface area contributed by atoms with E-state index in [1.54, 1.807) is 6.20 Å². The second-order valence-electron chi connectivity index (χ2n) is 8.98. The summed E-state index contributed by atoms with van der Waals surface area (Å²) in [5.41, 5.74) is 1.72. The zero-order chi connectivity index (χ0) is 23.8. The third-order valence-electron chi connectivity index (χ3n) is 6.18. The smallest absolute Gasteiger partial charge is 0.320 e. The van der Waals surface area contributed by atoms with Gasteiger partial charge >= 0.3 is 6.01 Å². The average molecular weight is 464 g/mol. The summed E-state index contributed by atoms with van der Waals surface area (Å²) in [5.74, 6) is 2.40. The van der Waals surface area contributed by atoms with Crippen molar-refractivity contribution in [1.29, 1.82) is 0 Å². The first-order valence-electron chi connectivity index (χ1n) is 12.7. The van der Waals surface area contributed by atoms with Gasteiger partial charge in [-0.05, 0) is 69.8 Å². The molecule has 3 aromatic rings. The Bertz CT molecular complexity index is 1060. The Morgan fingerprint density at radius 1 is 0.971 bits per heavy atom. The van der Waals surface area contributed by atoms with Gasteiger partial charge in [0, 0.05) is 19.6 Å². The van der Waals surface area contributed by atoms with Crippen LogP contribution in [0.2, 0.25) is 0 Å². The largest absolute Gasteiger partial charge is 0.462 e. The van der Waals surface area contributed by atoms with Gasteiger partial charge in [0.2, 0.25) is 0 Å². The molecule has 1 saturated heterocycles. The van der Waals surface area contributed by atoms with Crippen LogP contribution in [0.1, 0.15) is 51.5 Å². The van der Waals surface area contributed by atoms with Crippen LogP contribution in [0.15, 0.2) is 36.5 Å². The average Bonchev–Trinajstić information content (AvgIpc) is 2.86. The van der Waals surface area contributed by atoms with Gasteiger partial charge in [0.15, 0.2) is 5.65 Å². The standard InChI is InChI=1S/C27H37N5O2/c1-4-13-31(14-5-2)17-18-33-27-29-25-23(26(30-27)32-15-9-6-10-16-32)19-22(20-28-25)34-24-12-8-7-11-21(24)3/h7-8,11-12,19-20H,4-6,9-10,13-18H2,1-3H3. The number of ether oxygens (including phenoxy) is 2. The fourth-order valence-electron chi connectivity index (χ4n) is 4.46. The molecular formula is C27H37N5O2. The molecule has 1 aromatic carbocycles. The molecule has 1 fully saturated rings. The Morgan fingerprint density at radius 2 is 1.74 bits per heavy atom. The van der Waals surface area contributed by atoms with E-state index in [0.29, 0.717) is 24.0 Å². The molecule has 1 aliphatic heterocycles. The van der Waals surface area contributed by atoms with Gasteiger partial charge in [-0.3, -0.25) is 4.90 Å². The second kappa shape index (κ2) is 12.0. The van der Waals surface area contributed by atoms with Crippen molar-refractivity contribution in [3.8, 4) is 17.5 Å². The van der Waals surface area contributed by atoms with Gasteiger partial charge < -0.3 is 14.4 Å². The highest BCUT2D eigenvalue weighted by molar-refractivity contribution is 5.88. The minimum atomic E-state index is 0.404. The van der Waals surface area contributed by atoms with Crippen molar-refractivity contribution in [1.82, 2.24) is 19.9 Å². The zero-order valence-corrected chi connectivity index (χ0v) is 20.8. The van der Waals surface area contributed by atoms with Crippen molar-refractivity contribution in [2.75, 3.05) is 44.2 Å². The third kappa shape index (κ3) is 6.14. The Morgan fingerprint density at radius 3 is 2.47 bits per heavy atom. The van der Waals surface area contributed by atoms with Gasteiger partial charge in [0.25, 0.3) is 0 Å². The number of benzene rings is 1. The number of fused-ring (bicyclic) bond motifs is 1. The Hall–Kier alpha value is -2.93. The Labute approximate surface area is 203 Å². The van der Waals surface area contributed by atoms with Gasteiger partial charge in [-0.15, -0.1) is 0 Å². The lowest BCUT2D eigenvalue weighted by molar-refractivity contribution is 0.200. The van der Waals surface area contributed by atoms with E-state index in [-0.39, 0.29) is 0 Å². The molecule has 1 aliphatic rings. The summed E-state index contributed by atoms with van der Waals surface area (Å²) >= 11 is 0. The van der Waals surface area contributed by atoms with E-state index in [1.807, 2.05) is 37.3 Å². The molecular weight excluding hydrogens is 426 g/mol. The normalized spacial score (nSPS) is 14.1. The SMILES string of the molecule is CCCN(CCC)CCOc1nc(N2CCCCC2)c2cc(Oc3ccccc3C)cnc2n1. The van der Waals surface area contributed by atoms with Crippen LogP contribution in [0.25, 0.3) is 11.0 Å². The first kappa shape index (κ1) is 24.2. The van der Waals surface area contributed by atoms with Crippen LogP contribution in [0.5, 0.6) is 17.5 Å². The van der Waals surface area contributed by atoms with Gasteiger partial charge in [-0.25, -0.2) is 4.98 Å². The fourth-order valence-corrected chi connectivity index (χ4v) is 4.46. The maximum atomic E-state index is 6.15. The molecule has 0 radical (unpaired) electrons. The molecule has 0 unspecified atom stereocenters. The number of aromatic nitrogens is 3. The molecule has 0 spiro atoms. The maximum Gasteiger partial charge on any atom is 0.320 e. The van der Waals surface area contributed by atoms with Crippen LogP contribution in [0.3, 0.4) is 0 Å². The number of pyridine rings is 1. The number of nitrogens with zero attached hydrogens (tertiary/aromatic N) is 5. The predicted octanol–water partition coefficient (Wildman–Crippen LogP) is 5.62. The van der Waals surface area contributed by atoms with Crippen molar-refractivity contribution in [2.24, 2.45) is 0 Å². The highest BCUT2D eigenvalue weighted by Crippen LogP contribution is 2.32. The van der Waals surface area contributed by atoms with Crippen LogP contribution in [-0.2, 0) is 0 Å². The summed E-state index contributed by atoms with van der Waals surface area (Å²) in [6.07, 6.45) is 7.60. The number of rotatable bonds is 11. The second-order valence-corrected chi connectivity index (χ2v) is 8.98. The lowest BCUT2D eigenvalue weighted by Gasteiger charge is -2.28. The van der Waals surface area contributed by atoms with E-state index < -0.39 is 0 Å². The summed E-state index contributed by atoms with van der Waals surface area (Å²) in [7, 11) is 0. The summed E-state index contributed by atoms with van der Waals surface area (Å²) in [6, 6.07) is 10.4. The van der Waals surface area contributed by atoms with E-state index in [9.17, 15) is 0 Å². The summed E-state index contributed by atoms with van der Waals surface area (Å²) in [4.78, 5) is 18.9. The molecule has 7 nitrogen and oxygen atoms in total. The molecule has 4 rings (SSSR count). The molecule has 0 atom stereocenters. The zero-order valence-electron chi connectivity index (χ0n) is 20.8. The third-order valence-corrected chi connectivity index (χ3v) is 6.18.